The summed E-state index contributed by atoms with van der Waals surface area (Å²) in [4.78, 5) is 31.4. The molecule has 0 aromatic carbocycles. The van der Waals surface area contributed by atoms with Crippen molar-refractivity contribution in [3.05, 3.63) is 18.2 Å². The molecule has 2 saturated heterocycles. The predicted molar refractivity (Wildman–Crippen MR) is 72.4 cm³/mol. The first-order valence-corrected chi connectivity index (χ1v) is 8.20. The van der Waals surface area contributed by atoms with Crippen LogP contribution in [-0.2, 0) is 19.4 Å². The second kappa shape index (κ2) is 4.53. The Labute approximate surface area is 125 Å². The number of aliphatic carboxylic acids is 1. The van der Waals surface area contributed by atoms with Gasteiger partial charge in [0.05, 0.1) is 0 Å². The van der Waals surface area contributed by atoms with Crippen molar-refractivity contribution in [2.24, 2.45) is 0 Å². The zero-order valence-corrected chi connectivity index (χ0v) is 12.4. The van der Waals surface area contributed by atoms with Crippen LogP contribution in [0.2, 0.25) is 0 Å². The highest BCUT2D eigenvalue weighted by Crippen LogP contribution is 2.52. The Morgan fingerprint density at radius 3 is 2.73 bits per heavy atom. The maximum Gasteiger partial charge on any atom is 0.328 e. The molecule has 4 atom stereocenters. The minimum atomic E-state index is -3.99. The van der Waals surface area contributed by atoms with Crippen molar-refractivity contribution in [3.8, 4) is 0 Å². The zero-order chi connectivity index (χ0) is 16.3. The SMILES string of the molecule is CC1(CCO)[C@H](C(=O)O)N2C(=O)C(c3ncc[nH]3)[C@H]2S1(=O)=O. The highest BCUT2D eigenvalue weighted by molar-refractivity contribution is 7.94. The van der Waals surface area contributed by atoms with E-state index >= 15 is 0 Å². The Balaban J connectivity index is 2.12. The lowest BCUT2D eigenvalue weighted by Gasteiger charge is -2.41. The lowest BCUT2D eigenvalue weighted by atomic mass is 9.89. The standard InChI is InChI=1S/C12H15N3O6S/c1-12(2-5-16)7(11(18)19)15-9(17)6(8-13-3-4-14-8)10(15)22(12,20)21/h3-4,6-7,10,16H,2,5H2,1H3,(H,13,14)(H,18,19)/t6?,7-,10+,12?/m0/s1. The largest absolute Gasteiger partial charge is 0.480 e. The van der Waals surface area contributed by atoms with E-state index in [1.165, 1.54) is 19.3 Å². The van der Waals surface area contributed by atoms with Crippen LogP contribution in [0.4, 0.5) is 0 Å². The fraction of sp³-hybridized carbons (Fsp3) is 0.583. The van der Waals surface area contributed by atoms with Crippen LogP contribution in [0.3, 0.4) is 0 Å². The molecule has 0 bridgehead atoms. The van der Waals surface area contributed by atoms with E-state index in [-0.39, 0.29) is 12.2 Å². The molecule has 10 heteroatoms. The number of β-lactam (4-membered cyclic amide) rings is 1. The number of carbonyl (C=O) groups is 2. The number of rotatable bonds is 4. The Kier molecular flexibility index (Phi) is 3.08. The molecule has 1 aromatic rings. The molecular formula is C12H15N3O6S. The smallest absolute Gasteiger partial charge is 0.328 e. The van der Waals surface area contributed by atoms with Gasteiger partial charge >= 0.3 is 5.97 Å². The van der Waals surface area contributed by atoms with Gasteiger partial charge in [0.1, 0.15) is 22.5 Å². The number of imidazole rings is 1. The van der Waals surface area contributed by atoms with Crippen molar-refractivity contribution < 1.29 is 28.2 Å². The number of H-pyrrole nitrogens is 1. The second-order valence-corrected chi connectivity index (χ2v) is 8.17. The third-order valence-corrected chi connectivity index (χ3v) is 7.42. The number of hydrogen-bond donors (Lipinski definition) is 3. The lowest BCUT2D eigenvalue weighted by molar-refractivity contribution is -0.160. The summed E-state index contributed by atoms with van der Waals surface area (Å²) in [6.45, 7) is 0.780. The van der Waals surface area contributed by atoms with Crippen LogP contribution in [0.15, 0.2) is 12.4 Å². The van der Waals surface area contributed by atoms with Gasteiger partial charge in [-0.2, -0.15) is 0 Å². The average molecular weight is 329 g/mol. The first-order valence-electron chi connectivity index (χ1n) is 6.66. The van der Waals surface area contributed by atoms with Gasteiger partial charge in [0.25, 0.3) is 0 Å². The van der Waals surface area contributed by atoms with E-state index in [1.54, 1.807) is 0 Å². The molecule has 3 heterocycles. The molecular weight excluding hydrogens is 314 g/mol. The number of fused-ring (bicyclic) bond motifs is 1. The number of aliphatic hydroxyl groups is 1. The summed E-state index contributed by atoms with van der Waals surface area (Å²) in [5.74, 6) is -2.81. The number of hydrogen-bond acceptors (Lipinski definition) is 6. The molecule has 3 rings (SSSR count). The van der Waals surface area contributed by atoms with Crippen molar-refractivity contribution in [1.29, 1.82) is 0 Å². The number of nitrogens with zero attached hydrogens (tertiary/aromatic N) is 2. The molecule has 9 nitrogen and oxygen atoms in total. The number of aliphatic hydroxyl groups excluding tert-OH is 1. The molecule has 22 heavy (non-hydrogen) atoms. The van der Waals surface area contributed by atoms with Crippen molar-refractivity contribution in [2.75, 3.05) is 6.61 Å². The maximum absolute atomic E-state index is 12.8. The molecule has 120 valence electrons. The van der Waals surface area contributed by atoms with Crippen LogP contribution in [0, 0.1) is 0 Å². The van der Waals surface area contributed by atoms with Crippen molar-refractivity contribution in [3.63, 3.8) is 0 Å². The molecule has 1 aromatic heterocycles. The monoisotopic (exact) mass is 329 g/mol. The summed E-state index contributed by atoms with van der Waals surface area (Å²) in [6.07, 6.45) is 2.61. The van der Waals surface area contributed by atoms with Crippen LogP contribution in [-0.4, -0.2) is 68.1 Å². The van der Waals surface area contributed by atoms with Gasteiger partial charge in [-0.15, -0.1) is 0 Å². The third-order valence-electron chi connectivity index (χ3n) is 4.56. The average Bonchev–Trinajstić information content (AvgIpc) is 2.97. The third kappa shape index (κ3) is 1.56. The number of aromatic amines is 1. The van der Waals surface area contributed by atoms with Gasteiger partial charge in [-0.1, -0.05) is 0 Å². The molecule has 0 radical (unpaired) electrons. The fourth-order valence-electron chi connectivity index (χ4n) is 3.40. The highest BCUT2D eigenvalue weighted by atomic mass is 32.2. The number of carbonyl (C=O) groups excluding carboxylic acids is 1. The topological polar surface area (TPSA) is 141 Å². The number of nitrogens with one attached hydrogen (secondary N) is 1. The summed E-state index contributed by atoms with van der Waals surface area (Å²) in [5.41, 5.74) is 0. The van der Waals surface area contributed by atoms with E-state index in [0.717, 1.165) is 4.90 Å². The molecule has 2 aliphatic rings. The molecule has 2 unspecified atom stereocenters. The van der Waals surface area contributed by atoms with Gasteiger partial charge in [-0.25, -0.2) is 18.2 Å². The van der Waals surface area contributed by atoms with E-state index in [2.05, 4.69) is 9.97 Å². The van der Waals surface area contributed by atoms with Crippen LogP contribution in [0.1, 0.15) is 25.1 Å². The summed E-state index contributed by atoms with van der Waals surface area (Å²) in [5, 5.41) is 17.3. The number of aromatic nitrogens is 2. The maximum atomic E-state index is 12.8. The summed E-state index contributed by atoms with van der Waals surface area (Å²) in [7, 11) is -3.99. The van der Waals surface area contributed by atoms with Gasteiger partial charge in [0.15, 0.2) is 15.2 Å². The Bertz CT molecular complexity index is 730. The van der Waals surface area contributed by atoms with E-state index in [9.17, 15) is 23.1 Å². The normalized spacial score (nSPS) is 36.0. The molecule has 0 saturated carbocycles. The van der Waals surface area contributed by atoms with Crippen LogP contribution in [0.25, 0.3) is 0 Å². The van der Waals surface area contributed by atoms with Crippen molar-refractivity contribution in [1.82, 2.24) is 14.9 Å². The molecule has 0 aliphatic carbocycles. The minimum Gasteiger partial charge on any atom is -0.480 e. The minimum absolute atomic E-state index is 0.201. The van der Waals surface area contributed by atoms with Crippen molar-refractivity contribution in [2.45, 2.75) is 35.4 Å². The van der Waals surface area contributed by atoms with E-state index in [0.29, 0.717) is 0 Å². The van der Waals surface area contributed by atoms with Gasteiger partial charge in [0, 0.05) is 19.0 Å². The van der Waals surface area contributed by atoms with Crippen LogP contribution < -0.4 is 0 Å². The van der Waals surface area contributed by atoms with Crippen LogP contribution >= 0.6 is 0 Å². The number of carboxylic acids is 1. The van der Waals surface area contributed by atoms with E-state index in [1.807, 2.05) is 0 Å². The summed E-state index contributed by atoms with van der Waals surface area (Å²) >= 11 is 0. The summed E-state index contributed by atoms with van der Waals surface area (Å²) < 4.78 is 23.9. The first kappa shape index (κ1) is 15.0. The Morgan fingerprint density at radius 1 is 1.55 bits per heavy atom. The van der Waals surface area contributed by atoms with Gasteiger partial charge in [-0.3, -0.25) is 4.79 Å². The first-order chi connectivity index (χ1) is 10.3. The zero-order valence-electron chi connectivity index (χ0n) is 11.6. The molecule has 0 spiro atoms. The van der Waals surface area contributed by atoms with E-state index in [4.69, 9.17) is 5.11 Å². The second-order valence-electron chi connectivity index (χ2n) is 5.66. The summed E-state index contributed by atoms with van der Waals surface area (Å²) in [6, 6.07) is -1.51. The van der Waals surface area contributed by atoms with Crippen LogP contribution in [0.5, 0.6) is 0 Å². The predicted octanol–water partition coefficient (Wildman–Crippen LogP) is -1.32. The van der Waals surface area contributed by atoms with Gasteiger partial charge < -0.3 is 20.1 Å². The van der Waals surface area contributed by atoms with Gasteiger partial charge in [0.2, 0.25) is 5.91 Å². The number of sulfone groups is 1. The lowest BCUT2D eigenvalue weighted by Crippen LogP contribution is -2.62. The molecule has 2 aliphatic heterocycles. The van der Waals surface area contributed by atoms with Gasteiger partial charge in [-0.05, 0) is 13.3 Å². The Hall–Kier alpha value is -1.94. The van der Waals surface area contributed by atoms with E-state index < -0.39 is 50.4 Å². The molecule has 3 N–H and O–H groups in total. The quantitative estimate of drug-likeness (QED) is 0.582. The molecule has 1 amide bonds. The molecule has 2 fully saturated rings. The fourth-order valence-corrected chi connectivity index (χ4v) is 5.98. The Morgan fingerprint density at radius 2 is 2.23 bits per heavy atom. The number of amides is 1. The van der Waals surface area contributed by atoms with Crippen molar-refractivity contribution >= 4 is 21.7 Å². The number of carboxylic acid groups (broad SMARTS) is 1. The highest BCUT2D eigenvalue weighted by Gasteiger charge is 2.74.